The maximum atomic E-state index is 12.0. The molecule has 30 heavy (non-hydrogen) atoms. The van der Waals surface area contributed by atoms with Gasteiger partial charge in [-0.15, -0.1) is 0 Å². The second-order valence-corrected chi connectivity index (χ2v) is 9.77. The van der Waals surface area contributed by atoms with Gasteiger partial charge in [-0.2, -0.15) is 4.31 Å². The van der Waals surface area contributed by atoms with Crippen LogP contribution in [0, 0.1) is 11.8 Å². The molecule has 0 saturated carbocycles. The molecule has 4 rings (SSSR count). The average Bonchev–Trinajstić information content (AvgIpc) is 3.11. The first kappa shape index (κ1) is 20.2. The largest absolute Gasteiger partial charge is 0.506 e. The lowest BCUT2D eigenvalue weighted by Crippen LogP contribution is -2.34. The van der Waals surface area contributed by atoms with Crippen molar-refractivity contribution in [2.24, 2.45) is 0 Å². The van der Waals surface area contributed by atoms with Crippen LogP contribution in [-0.2, 0) is 23.0 Å². The van der Waals surface area contributed by atoms with Crippen molar-refractivity contribution in [3.8, 4) is 17.6 Å². The summed E-state index contributed by atoms with van der Waals surface area (Å²) in [7, 11) is -3.42. The third-order valence-corrected chi connectivity index (χ3v) is 7.14. The number of nitrogens with one attached hydrogen (secondary N) is 1. The van der Waals surface area contributed by atoms with Crippen LogP contribution < -0.4 is 11.1 Å². The summed E-state index contributed by atoms with van der Waals surface area (Å²) < 4.78 is 26.3. The Morgan fingerprint density at radius 1 is 1.33 bits per heavy atom. The number of sulfonamides is 1. The quantitative estimate of drug-likeness (QED) is 0.539. The Labute approximate surface area is 178 Å². The molecule has 1 aliphatic rings. The Kier molecular flexibility index (Phi) is 5.39. The van der Waals surface area contributed by atoms with Gasteiger partial charge in [0.15, 0.2) is 5.13 Å². The average molecular weight is 441 g/mol. The monoisotopic (exact) mass is 440 g/mol. The molecule has 0 unspecified atom stereocenters. The summed E-state index contributed by atoms with van der Waals surface area (Å²) in [6, 6.07) is 9.37. The zero-order chi connectivity index (χ0) is 21.3. The first-order chi connectivity index (χ1) is 14.4. The highest BCUT2D eigenvalue weighted by atomic mass is 32.2. The van der Waals surface area contributed by atoms with Gasteiger partial charge < -0.3 is 16.2 Å². The van der Waals surface area contributed by atoms with Crippen molar-refractivity contribution in [1.29, 1.82) is 0 Å². The summed E-state index contributed by atoms with van der Waals surface area (Å²) in [6.45, 7) is 4.59. The molecule has 154 valence electrons. The van der Waals surface area contributed by atoms with Crippen LogP contribution in [0.25, 0.3) is 10.2 Å². The van der Waals surface area contributed by atoms with Crippen LogP contribution in [0.2, 0.25) is 0 Å². The molecule has 0 fully saturated rings. The van der Waals surface area contributed by atoms with E-state index in [4.69, 9.17) is 5.73 Å². The van der Waals surface area contributed by atoms with E-state index < -0.39 is 10.0 Å². The van der Waals surface area contributed by atoms with E-state index in [1.165, 1.54) is 15.6 Å². The molecule has 1 aromatic heterocycles. The first-order valence-electron chi connectivity index (χ1n) is 9.22. The smallest absolute Gasteiger partial charge is 0.235 e. The summed E-state index contributed by atoms with van der Waals surface area (Å²) in [5.74, 6) is 6.11. The van der Waals surface area contributed by atoms with Crippen molar-refractivity contribution in [3.63, 3.8) is 0 Å². The van der Waals surface area contributed by atoms with Gasteiger partial charge in [0.25, 0.3) is 0 Å². The molecule has 0 amide bonds. The zero-order valence-corrected chi connectivity index (χ0v) is 17.7. The van der Waals surface area contributed by atoms with Crippen LogP contribution in [0.4, 0.5) is 10.8 Å². The molecule has 4 N–H and O–H groups in total. The minimum absolute atomic E-state index is 0.0615. The normalized spacial score (nSPS) is 14.0. The zero-order valence-electron chi connectivity index (χ0n) is 16.1. The molecule has 0 radical (unpaired) electrons. The van der Waals surface area contributed by atoms with E-state index in [9.17, 15) is 13.5 Å². The lowest BCUT2D eigenvalue weighted by atomic mass is 10.0. The number of nitrogens with two attached hydrogens (primary N) is 1. The maximum Gasteiger partial charge on any atom is 0.235 e. The van der Waals surface area contributed by atoms with Crippen LogP contribution >= 0.6 is 11.3 Å². The molecule has 1 aliphatic heterocycles. The molecule has 0 spiro atoms. The summed E-state index contributed by atoms with van der Waals surface area (Å²) in [6.07, 6.45) is 0.677. The predicted octanol–water partition coefficient (Wildman–Crippen LogP) is 2.88. The van der Waals surface area contributed by atoms with Crippen molar-refractivity contribution in [2.45, 2.75) is 13.0 Å². The van der Waals surface area contributed by atoms with Crippen molar-refractivity contribution in [1.82, 2.24) is 9.29 Å². The van der Waals surface area contributed by atoms with Gasteiger partial charge >= 0.3 is 0 Å². The molecular formula is C21H20N4O3S2. The van der Waals surface area contributed by atoms with Gasteiger partial charge in [0, 0.05) is 29.7 Å². The van der Waals surface area contributed by atoms with Crippen molar-refractivity contribution in [2.75, 3.05) is 24.1 Å². The number of nitrogens with zero attached hydrogens (tertiary/aromatic N) is 2. The van der Waals surface area contributed by atoms with Crippen molar-refractivity contribution in [3.05, 3.63) is 59.0 Å². The van der Waals surface area contributed by atoms with Gasteiger partial charge in [-0.25, -0.2) is 13.4 Å². The predicted molar refractivity (Wildman–Crippen MR) is 121 cm³/mol. The van der Waals surface area contributed by atoms with E-state index in [1.54, 1.807) is 6.07 Å². The first-order valence-corrected chi connectivity index (χ1v) is 11.5. The summed E-state index contributed by atoms with van der Waals surface area (Å²) in [5, 5.41) is 14.7. The van der Waals surface area contributed by atoms with Crippen LogP contribution in [-0.4, -0.2) is 35.9 Å². The summed E-state index contributed by atoms with van der Waals surface area (Å²) in [5.41, 5.74) is 9.86. The highest BCUT2D eigenvalue weighted by Crippen LogP contribution is 2.31. The standard InChI is InChI=1S/C21H20N4O3S2/c1-2-30(27,28)25-9-7-15-5-6-17(12-16(15)13-25)23-8-3-4-14-10-18(26)20-19(11-14)29-21(22)24-20/h2,5-6,10-12,23,26H,1,7-9,13H2,(H2,22,24). The summed E-state index contributed by atoms with van der Waals surface area (Å²) in [4.78, 5) is 4.09. The molecule has 9 heteroatoms. The third kappa shape index (κ3) is 4.11. The number of thiazole rings is 1. The van der Waals surface area contributed by atoms with E-state index in [0.717, 1.165) is 26.9 Å². The lowest BCUT2D eigenvalue weighted by Gasteiger charge is -2.27. The van der Waals surface area contributed by atoms with Gasteiger partial charge in [0.05, 0.1) is 11.2 Å². The van der Waals surface area contributed by atoms with E-state index in [0.29, 0.717) is 42.3 Å². The van der Waals surface area contributed by atoms with Crippen LogP contribution in [0.15, 0.2) is 42.3 Å². The molecule has 2 heterocycles. The van der Waals surface area contributed by atoms with Crippen molar-refractivity contribution >= 4 is 42.4 Å². The number of rotatable bonds is 4. The number of benzene rings is 2. The van der Waals surface area contributed by atoms with Crippen LogP contribution in [0.1, 0.15) is 16.7 Å². The highest BCUT2D eigenvalue weighted by Gasteiger charge is 2.24. The number of aromatic hydroxyl groups is 1. The number of phenols is 1. The molecule has 3 aromatic rings. The number of hydrogen-bond donors (Lipinski definition) is 3. The Bertz CT molecular complexity index is 1300. The van der Waals surface area contributed by atoms with Gasteiger partial charge in [-0.05, 0) is 41.8 Å². The molecule has 7 nitrogen and oxygen atoms in total. The van der Waals surface area contributed by atoms with Gasteiger partial charge in [-0.3, -0.25) is 0 Å². The fourth-order valence-corrected chi connectivity index (χ4v) is 5.03. The lowest BCUT2D eigenvalue weighted by molar-refractivity contribution is 0.397. The molecule has 0 saturated heterocycles. The van der Waals surface area contributed by atoms with E-state index in [1.807, 2.05) is 24.3 Å². The Balaban J connectivity index is 1.45. The van der Waals surface area contributed by atoms with Gasteiger partial charge in [-0.1, -0.05) is 35.8 Å². The van der Waals surface area contributed by atoms with Crippen molar-refractivity contribution < 1.29 is 13.5 Å². The Hall–Kier alpha value is -3.06. The number of fused-ring (bicyclic) bond motifs is 2. The third-order valence-electron chi connectivity index (χ3n) is 4.86. The van der Waals surface area contributed by atoms with E-state index in [-0.39, 0.29) is 5.75 Å². The number of aromatic nitrogens is 1. The number of nitrogen functional groups attached to an aromatic ring is 1. The second-order valence-electron chi connectivity index (χ2n) is 6.83. The van der Waals surface area contributed by atoms with Gasteiger partial charge in [0.2, 0.25) is 10.0 Å². The van der Waals surface area contributed by atoms with Crippen LogP contribution in [0.5, 0.6) is 5.75 Å². The Morgan fingerprint density at radius 2 is 2.17 bits per heavy atom. The highest BCUT2D eigenvalue weighted by molar-refractivity contribution is 7.91. The molecular weight excluding hydrogens is 420 g/mol. The molecule has 0 atom stereocenters. The molecule has 0 aliphatic carbocycles. The number of anilines is 2. The number of hydrogen-bond acceptors (Lipinski definition) is 7. The molecule has 0 bridgehead atoms. The minimum Gasteiger partial charge on any atom is -0.506 e. The summed E-state index contributed by atoms with van der Waals surface area (Å²) >= 11 is 1.30. The number of phenolic OH excluding ortho intramolecular Hbond substituents is 1. The second kappa shape index (κ2) is 7.99. The Morgan fingerprint density at radius 3 is 2.97 bits per heavy atom. The topological polar surface area (TPSA) is 109 Å². The minimum atomic E-state index is -3.42. The SMILES string of the molecule is C=CS(=O)(=O)N1CCc2ccc(NCC#Cc3cc(O)c4nc(N)sc4c3)cc2C1. The van der Waals surface area contributed by atoms with E-state index >= 15 is 0 Å². The fourth-order valence-electron chi connectivity index (χ4n) is 3.36. The maximum absolute atomic E-state index is 12.0. The van der Waals surface area contributed by atoms with E-state index in [2.05, 4.69) is 28.7 Å². The van der Waals surface area contributed by atoms with Crippen LogP contribution in [0.3, 0.4) is 0 Å². The molecule has 2 aromatic carbocycles. The van der Waals surface area contributed by atoms with Gasteiger partial charge in [0.1, 0.15) is 11.3 Å². The fraction of sp³-hybridized carbons (Fsp3) is 0.190.